The van der Waals surface area contributed by atoms with Crippen LogP contribution in [0.25, 0.3) is 0 Å². The van der Waals surface area contributed by atoms with Gasteiger partial charge in [-0.3, -0.25) is 0 Å². The van der Waals surface area contributed by atoms with Gasteiger partial charge in [-0.1, -0.05) is 32.6 Å². The van der Waals surface area contributed by atoms with Crippen LogP contribution in [0.5, 0.6) is 0 Å². The fourth-order valence-electron chi connectivity index (χ4n) is 2.24. The first-order chi connectivity index (χ1) is 6.38. The molecule has 0 aromatic heterocycles. The van der Waals surface area contributed by atoms with E-state index < -0.39 is 0 Å². The van der Waals surface area contributed by atoms with Gasteiger partial charge in [-0.25, -0.2) is 4.79 Å². The Balaban J connectivity index is 2.36. The van der Waals surface area contributed by atoms with Crippen molar-refractivity contribution < 1.29 is 9.53 Å². The van der Waals surface area contributed by atoms with Gasteiger partial charge >= 0.3 is 6.47 Å². The molecule has 0 spiro atoms. The van der Waals surface area contributed by atoms with Crippen LogP contribution in [-0.2, 0) is 9.53 Å². The summed E-state index contributed by atoms with van der Waals surface area (Å²) in [6, 6.07) is 0. The van der Waals surface area contributed by atoms with E-state index in [9.17, 15) is 4.79 Å². The van der Waals surface area contributed by atoms with Crippen molar-refractivity contribution in [2.24, 2.45) is 5.92 Å². The molecule has 0 N–H and O–H groups in total. The Morgan fingerprint density at radius 3 is 2.62 bits per heavy atom. The van der Waals surface area contributed by atoms with E-state index in [-0.39, 0.29) is 6.10 Å². The van der Waals surface area contributed by atoms with Crippen molar-refractivity contribution in [3.05, 3.63) is 0 Å². The van der Waals surface area contributed by atoms with E-state index in [2.05, 4.69) is 6.92 Å². The third-order valence-corrected chi connectivity index (χ3v) is 2.95. The molecular weight excluding hydrogens is 164 g/mol. The summed E-state index contributed by atoms with van der Waals surface area (Å²) in [5, 5.41) is 0. The van der Waals surface area contributed by atoms with Crippen LogP contribution in [0.4, 0.5) is 0 Å². The highest BCUT2D eigenvalue weighted by molar-refractivity contribution is 5.38. The van der Waals surface area contributed by atoms with Gasteiger partial charge in [0.05, 0.1) is 0 Å². The third-order valence-electron chi connectivity index (χ3n) is 2.95. The number of rotatable bonds is 5. The van der Waals surface area contributed by atoms with Crippen LogP contribution in [0, 0.1) is 5.92 Å². The molecule has 2 nitrogen and oxygen atoms in total. The SMILES string of the molecule is CCCC(O[C]=O)C1CCCCC1. The van der Waals surface area contributed by atoms with Crippen LogP contribution >= 0.6 is 0 Å². The molecule has 1 aliphatic carbocycles. The maximum absolute atomic E-state index is 10.2. The quantitative estimate of drug-likeness (QED) is 0.655. The molecule has 1 atom stereocenters. The van der Waals surface area contributed by atoms with Gasteiger partial charge in [-0.05, 0) is 25.2 Å². The summed E-state index contributed by atoms with van der Waals surface area (Å²) in [4.78, 5) is 10.2. The van der Waals surface area contributed by atoms with Gasteiger partial charge in [-0.2, -0.15) is 0 Å². The van der Waals surface area contributed by atoms with Crippen LogP contribution in [-0.4, -0.2) is 12.6 Å². The Morgan fingerprint density at radius 2 is 2.08 bits per heavy atom. The van der Waals surface area contributed by atoms with Gasteiger partial charge < -0.3 is 4.74 Å². The predicted octanol–water partition coefficient (Wildman–Crippen LogP) is 2.82. The minimum absolute atomic E-state index is 0.141. The summed E-state index contributed by atoms with van der Waals surface area (Å²) < 4.78 is 5.02. The Kier molecular flexibility index (Phi) is 4.87. The molecule has 0 aromatic carbocycles. The lowest BCUT2D eigenvalue weighted by Gasteiger charge is -2.28. The van der Waals surface area contributed by atoms with E-state index >= 15 is 0 Å². The van der Waals surface area contributed by atoms with Gasteiger partial charge in [0, 0.05) is 0 Å². The van der Waals surface area contributed by atoms with E-state index in [4.69, 9.17) is 4.74 Å². The normalized spacial score (nSPS) is 21.0. The average Bonchev–Trinajstić information content (AvgIpc) is 2.19. The van der Waals surface area contributed by atoms with E-state index in [0.29, 0.717) is 5.92 Å². The molecule has 0 aliphatic heterocycles. The lowest BCUT2D eigenvalue weighted by molar-refractivity contribution is 0.0837. The zero-order valence-electron chi connectivity index (χ0n) is 8.42. The highest BCUT2D eigenvalue weighted by Crippen LogP contribution is 2.29. The molecule has 13 heavy (non-hydrogen) atoms. The van der Waals surface area contributed by atoms with Crippen molar-refractivity contribution in [1.82, 2.24) is 0 Å². The minimum atomic E-state index is 0.141. The van der Waals surface area contributed by atoms with Crippen molar-refractivity contribution >= 4 is 6.47 Å². The smallest absolute Gasteiger partial charge is 0.417 e. The maximum Gasteiger partial charge on any atom is 0.417 e. The second-order valence-corrected chi connectivity index (χ2v) is 3.93. The number of hydrogen-bond donors (Lipinski definition) is 0. The molecule has 1 aliphatic rings. The van der Waals surface area contributed by atoms with E-state index in [1.807, 2.05) is 0 Å². The van der Waals surface area contributed by atoms with E-state index in [0.717, 1.165) is 12.8 Å². The van der Waals surface area contributed by atoms with Crippen LogP contribution in [0.3, 0.4) is 0 Å². The van der Waals surface area contributed by atoms with Gasteiger partial charge in [0.25, 0.3) is 0 Å². The lowest BCUT2D eigenvalue weighted by Crippen LogP contribution is -2.25. The first kappa shape index (κ1) is 10.6. The molecule has 1 rings (SSSR count). The number of hydrogen-bond acceptors (Lipinski definition) is 2. The van der Waals surface area contributed by atoms with Gasteiger partial charge in [0.15, 0.2) is 0 Å². The highest BCUT2D eigenvalue weighted by atomic mass is 16.5. The molecule has 0 bridgehead atoms. The van der Waals surface area contributed by atoms with Crippen molar-refractivity contribution in [3.63, 3.8) is 0 Å². The van der Waals surface area contributed by atoms with Crippen LogP contribution in [0.2, 0.25) is 0 Å². The van der Waals surface area contributed by atoms with Crippen LogP contribution in [0.15, 0.2) is 0 Å². The largest absolute Gasteiger partial charge is 0.454 e. The van der Waals surface area contributed by atoms with E-state index in [1.54, 1.807) is 6.47 Å². The zero-order valence-corrected chi connectivity index (χ0v) is 8.42. The van der Waals surface area contributed by atoms with Crippen molar-refractivity contribution in [2.45, 2.75) is 58.0 Å². The summed E-state index contributed by atoms with van der Waals surface area (Å²) in [6.45, 7) is 3.73. The number of ether oxygens (including phenoxy) is 1. The molecule has 0 aromatic rings. The van der Waals surface area contributed by atoms with Gasteiger partial charge in [0.1, 0.15) is 6.10 Å². The molecule has 0 saturated heterocycles. The molecule has 1 radical (unpaired) electrons. The lowest BCUT2D eigenvalue weighted by atomic mass is 9.84. The third kappa shape index (κ3) is 3.37. The van der Waals surface area contributed by atoms with Gasteiger partial charge in [0.2, 0.25) is 0 Å². The Labute approximate surface area is 80.7 Å². The van der Waals surface area contributed by atoms with Crippen molar-refractivity contribution in [1.29, 1.82) is 0 Å². The molecule has 75 valence electrons. The summed E-state index contributed by atoms with van der Waals surface area (Å²) in [5.41, 5.74) is 0. The second kappa shape index (κ2) is 6.01. The van der Waals surface area contributed by atoms with Crippen molar-refractivity contribution in [2.75, 3.05) is 0 Å². The second-order valence-electron chi connectivity index (χ2n) is 3.93. The molecule has 1 unspecified atom stereocenters. The van der Waals surface area contributed by atoms with E-state index in [1.165, 1.54) is 32.1 Å². The topological polar surface area (TPSA) is 26.3 Å². The number of carbonyl (C=O) groups excluding carboxylic acids is 1. The minimum Gasteiger partial charge on any atom is -0.454 e. The first-order valence-electron chi connectivity index (χ1n) is 5.41. The highest BCUT2D eigenvalue weighted by Gasteiger charge is 2.23. The van der Waals surface area contributed by atoms with Crippen LogP contribution in [0.1, 0.15) is 51.9 Å². The average molecular weight is 183 g/mol. The van der Waals surface area contributed by atoms with Crippen LogP contribution < -0.4 is 0 Å². The molecule has 1 fully saturated rings. The Morgan fingerprint density at radius 1 is 1.38 bits per heavy atom. The standard InChI is InChI=1S/C11H19O2/c1-2-6-11(13-9-12)10-7-4-3-5-8-10/h10-11H,2-8H2,1H3. The monoisotopic (exact) mass is 183 g/mol. The molecule has 0 heterocycles. The predicted molar refractivity (Wildman–Crippen MR) is 52.0 cm³/mol. The summed E-state index contributed by atoms with van der Waals surface area (Å²) in [5.74, 6) is 0.607. The summed E-state index contributed by atoms with van der Waals surface area (Å²) >= 11 is 0. The fraction of sp³-hybridized carbons (Fsp3) is 0.909. The Bertz CT molecular complexity index is 139. The summed E-state index contributed by atoms with van der Waals surface area (Å²) in [7, 11) is 0. The van der Waals surface area contributed by atoms with Crippen molar-refractivity contribution in [3.8, 4) is 0 Å². The first-order valence-corrected chi connectivity index (χ1v) is 5.41. The fourth-order valence-corrected chi connectivity index (χ4v) is 2.24. The molecule has 0 amide bonds. The Hall–Kier alpha value is -0.530. The van der Waals surface area contributed by atoms with Gasteiger partial charge in [-0.15, -0.1) is 0 Å². The maximum atomic E-state index is 10.2. The summed E-state index contributed by atoms with van der Waals surface area (Å²) in [6.07, 6.45) is 8.63. The molecule has 2 heteroatoms. The molecule has 1 saturated carbocycles. The zero-order chi connectivity index (χ0) is 9.52. The molecular formula is C11H19O2.